The molecule has 0 spiro atoms. The van der Waals surface area contributed by atoms with Gasteiger partial charge in [-0.1, -0.05) is 0 Å². The quantitative estimate of drug-likeness (QED) is 0.423. The summed E-state index contributed by atoms with van der Waals surface area (Å²) in [7, 11) is 0. The van der Waals surface area contributed by atoms with Crippen molar-refractivity contribution >= 4 is 16.5 Å². The lowest BCUT2D eigenvalue weighted by atomic mass is 10.3. The molecule has 0 radical (unpaired) electrons. The number of hydrogen-bond acceptors (Lipinski definition) is 7. The summed E-state index contributed by atoms with van der Waals surface area (Å²) in [6, 6.07) is 0. The fourth-order valence-electron chi connectivity index (χ4n) is 0.935. The molecule has 0 saturated heterocycles. The summed E-state index contributed by atoms with van der Waals surface area (Å²) in [6.45, 7) is 1.86. The number of nitrogen functional groups attached to an aromatic ring is 1. The highest BCUT2D eigenvalue weighted by Gasteiger charge is 2.07. The van der Waals surface area contributed by atoms with E-state index in [-0.39, 0.29) is 6.61 Å². The molecule has 1 aromatic heterocycles. The van der Waals surface area contributed by atoms with E-state index < -0.39 is 5.09 Å². The predicted molar refractivity (Wildman–Crippen MR) is 51.3 cm³/mol. The first-order valence-electron chi connectivity index (χ1n) is 3.83. The maximum absolute atomic E-state index is 9.87. The van der Waals surface area contributed by atoms with E-state index >= 15 is 0 Å². The van der Waals surface area contributed by atoms with Gasteiger partial charge in [0.2, 0.25) is 0 Å². The Kier molecular flexibility index (Phi) is 3.60. The predicted octanol–water partition coefficient (Wildman–Crippen LogP) is 0.488. The van der Waals surface area contributed by atoms with Gasteiger partial charge in [0.25, 0.3) is 5.09 Å². The smallest absolute Gasteiger partial charge is 0.294 e. The number of nitrogens with one attached hydrogen (secondary N) is 1. The van der Waals surface area contributed by atoms with Gasteiger partial charge in [0.15, 0.2) is 5.13 Å². The second kappa shape index (κ2) is 4.72. The molecule has 0 fully saturated rings. The summed E-state index contributed by atoms with van der Waals surface area (Å²) in [5.74, 6) is 5.17. The molecule has 0 saturated carbocycles. The lowest BCUT2D eigenvalue weighted by Crippen LogP contribution is -2.05. The zero-order valence-corrected chi connectivity index (χ0v) is 8.34. The van der Waals surface area contributed by atoms with Gasteiger partial charge in [-0.2, -0.15) is 0 Å². The Bertz CT molecular complexity index is 327. The van der Waals surface area contributed by atoms with Crippen molar-refractivity contribution in [2.75, 3.05) is 12.0 Å². The molecule has 0 bridgehead atoms. The molecule has 1 heterocycles. The fourth-order valence-corrected chi connectivity index (χ4v) is 1.79. The van der Waals surface area contributed by atoms with E-state index in [1.54, 1.807) is 0 Å². The molecule has 14 heavy (non-hydrogen) atoms. The Balaban J connectivity index is 2.49. The molecule has 3 N–H and O–H groups in total. The summed E-state index contributed by atoms with van der Waals surface area (Å²) < 4.78 is 0. The molecule has 8 heteroatoms. The molecule has 1 aromatic rings. The third-order valence-corrected chi connectivity index (χ3v) is 2.69. The number of hydrogen-bond donors (Lipinski definition) is 2. The minimum absolute atomic E-state index is 0.0417. The van der Waals surface area contributed by atoms with E-state index in [1.807, 2.05) is 6.92 Å². The molecule has 0 atom stereocenters. The highest BCUT2D eigenvalue weighted by Crippen LogP contribution is 2.21. The maximum atomic E-state index is 9.87. The number of rotatable bonds is 5. The SMILES string of the molecule is Cc1nc(NN)sc1CCO[N+](=O)[O-]. The number of aryl methyl sites for hydroxylation is 1. The minimum Gasteiger partial charge on any atom is -0.314 e. The highest BCUT2D eigenvalue weighted by molar-refractivity contribution is 7.15. The molecule has 0 aliphatic heterocycles. The van der Waals surface area contributed by atoms with Crippen molar-refractivity contribution in [3.05, 3.63) is 20.7 Å². The third-order valence-electron chi connectivity index (χ3n) is 1.54. The Hall–Kier alpha value is -1.41. The average molecular weight is 218 g/mol. The second-order valence-corrected chi connectivity index (χ2v) is 3.56. The molecule has 0 amide bonds. The van der Waals surface area contributed by atoms with Gasteiger partial charge in [0, 0.05) is 11.3 Å². The van der Waals surface area contributed by atoms with Gasteiger partial charge in [0.05, 0.1) is 5.69 Å². The third kappa shape index (κ3) is 2.82. The molecular formula is C6H10N4O3S. The number of thiazole rings is 1. The Labute approximate surface area is 84.0 Å². The second-order valence-electron chi connectivity index (χ2n) is 2.48. The van der Waals surface area contributed by atoms with Gasteiger partial charge in [-0.05, 0) is 6.92 Å². The lowest BCUT2D eigenvalue weighted by Gasteiger charge is -1.96. The van der Waals surface area contributed by atoms with Gasteiger partial charge in [-0.15, -0.1) is 21.5 Å². The average Bonchev–Trinajstić information content (AvgIpc) is 2.47. The molecule has 78 valence electrons. The summed E-state index contributed by atoms with van der Waals surface area (Å²) in [5, 5.41) is 9.66. The van der Waals surface area contributed by atoms with Crippen LogP contribution < -0.4 is 11.3 Å². The molecule has 0 unspecified atom stereocenters. The Morgan fingerprint density at radius 1 is 1.79 bits per heavy atom. The van der Waals surface area contributed by atoms with Crippen LogP contribution in [0.4, 0.5) is 5.13 Å². The van der Waals surface area contributed by atoms with Crippen LogP contribution in [0, 0.1) is 17.0 Å². The lowest BCUT2D eigenvalue weighted by molar-refractivity contribution is -0.757. The van der Waals surface area contributed by atoms with Gasteiger partial charge >= 0.3 is 0 Å². The molecule has 0 aliphatic carbocycles. The zero-order chi connectivity index (χ0) is 10.6. The van der Waals surface area contributed by atoms with Crippen molar-refractivity contribution in [3.63, 3.8) is 0 Å². The van der Waals surface area contributed by atoms with Crippen LogP contribution in [0.3, 0.4) is 0 Å². The number of hydrazine groups is 1. The van der Waals surface area contributed by atoms with Crippen LogP contribution in [0.1, 0.15) is 10.6 Å². The van der Waals surface area contributed by atoms with Gasteiger partial charge in [0.1, 0.15) is 6.61 Å². The first kappa shape index (κ1) is 10.7. The van der Waals surface area contributed by atoms with Crippen LogP contribution in [0.15, 0.2) is 0 Å². The minimum atomic E-state index is -0.807. The van der Waals surface area contributed by atoms with Crippen molar-refractivity contribution < 1.29 is 9.92 Å². The molecule has 1 rings (SSSR count). The number of anilines is 1. The number of nitrogens with zero attached hydrogens (tertiary/aromatic N) is 2. The van der Waals surface area contributed by atoms with Crippen LogP contribution in [0.25, 0.3) is 0 Å². The van der Waals surface area contributed by atoms with Gasteiger partial charge in [-0.25, -0.2) is 10.8 Å². The van der Waals surface area contributed by atoms with Crippen LogP contribution in [-0.4, -0.2) is 16.7 Å². The van der Waals surface area contributed by atoms with Crippen LogP contribution in [0.5, 0.6) is 0 Å². The van der Waals surface area contributed by atoms with E-state index in [9.17, 15) is 10.1 Å². The van der Waals surface area contributed by atoms with E-state index in [1.165, 1.54) is 11.3 Å². The van der Waals surface area contributed by atoms with Gasteiger partial charge < -0.3 is 4.84 Å². The highest BCUT2D eigenvalue weighted by atomic mass is 32.1. The first-order chi connectivity index (χ1) is 6.63. The van der Waals surface area contributed by atoms with E-state index in [2.05, 4.69) is 15.2 Å². The molecule has 0 aromatic carbocycles. The zero-order valence-electron chi connectivity index (χ0n) is 7.52. The van der Waals surface area contributed by atoms with E-state index in [4.69, 9.17) is 5.84 Å². The van der Waals surface area contributed by atoms with Gasteiger partial charge in [-0.3, -0.25) is 5.43 Å². The monoisotopic (exact) mass is 218 g/mol. The van der Waals surface area contributed by atoms with Crippen LogP contribution in [0.2, 0.25) is 0 Å². The number of nitrogens with two attached hydrogens (primary N) is 1. The molecular weight excluding hydrogens is 208 g/mol. The first-order valence-corrected chi connectivity index (χ1v) is 4.65. The van der Waals surface area contributed by atoms with Crippen molar-refractivity contribution in [3.8, 4) is 0 Å². The summed E-state index contributed by atoms with van der Waals surface area (Å²) in [5.41, 5.74) is 3.23. The number of aromatic nitrogens is 1. The molecule has 7 nitrogen and oxygen atoms in total. The van der Waals surface area contributed by atoms with Crippen molar-refractivity contribution in [1.29, 1.82) is 0 Å². The van der Waals surface area contributed by atoms with Crippen molar-refractivity contribution in [2.45, 2.75) is 13.3 Å². The van der Waals surface area contributed by atoms with Crippen LogP contribution in [-0.2, 0) is 11.3 Å². The van der Waals surface area contributed by atoms with Crippen molar-refractivity contribution in [1.82, 2.24) is 4.98 Å². The molecule has 0 aliphatic rings. The standard InChI is InChI=1S/C6H10N4O3S/c1-4-5(2-3-13-10(11)12)14-6(8-4)9-7/h2-3,7H2,1H3,(H,8,9). The van der Waals surface area contributed by atoms with E-state index in [0.29, 0.717) is 11.6 Å². The topological polar surface area (TPSA) is 103 Å². The van der Waals surface area contributed by atoms with Crippen LogP contribution >= 0.6 is 11.3 Å². The summed E-state index contributed by atoms with van der Waals surface area (Å²) in [6.07, 6.45) is 0.464. The summed E-state index contributed by atoms with van der Waals surface area (Å²) >= 11 is 1.36. The maximum Gasteiger partial charge on any atom is 0.294 e. The summed E-state index contributed by atoms with van der Waals surface area (Å²) in [4.78, 5) is 19.1. The van der Waals surface area contributed by atoms with E-state index in [0.717, 1.165) is 10.6 Å². The Morgan fingerprint density at radius 3 is 3.00 bits per heavy atom. The normalized spacial score (nSPS) is 9.86. The Morgan fingerprint density at radius 2 is 2.50 bits per heavy atom. The fraction of sp³-hybridized carbons (Fsp3) is 0.500. The van der Waals surface area contributed by atoms with Crippen molar-refractivity contribution in [2.24, 2.45) is 5.84 Å². The largest absolute Gasteiger partial charge is 0.314 e.